The van der Waals surface area contributed by atoms with Gasteiger partial charge in [0.05, 0.1) is 11.3 Å². The molecule has 2 amide bonds. The quantitative estimate of drug-likeness (QED) is 0.893. The van der Waals surface area contributed by atoms with Gasteiger partial charge < -0.3 is 10.2 Å². The van der Waals surface area contributed by atoms with Crippen molar-refractivity contribution in [2.24, 2.45) is 0 Å². The van der Waals surface area contributed by atoms with Crippen LogP contribution >= 0.6 is 0 Å². The first-order valence-corrected chi connectivity index (χ1v) is 10.1. The molecule has 6 heteroatoms. The zero-order valence-electron chi connectivity index (χ0n) is 14.1. The van der Waals surface area contributed by atoms with Crippen molar-refractivity contribution in [3.05, 3.63) is 71.8 Å². The third-order valence-corrected chi connectivity index (χ3v) is 6.70. The van der Waals surface area contributed by atoms with Gasteiger partial charge in [0.1, 0.15) is 0 Å². The van der Waals surface area contributed by atoms with E-state index in [2.05, 4.69) is 5.32 Å². The molecule has 2 aromatic carbocycles. The van der Waals surface area contributed by atoms with Gasteiger partial charge in [-0.1, -0.05) is 67.6 Å². The fraction of sp³-hybridized carbons (Fsp3) is 0.316. The van der Waals surface area contributed by atoms with Crippen LogP contribution in [0, 0.1) is 0 Å². The predicted octanol–water partition coefficient (Wildman–Crippen LogP) is 2.60. The van der Waals surface area contributed by atoms with Crippen molar-refractivity contribution < 1.29 is 13.2 Å². The standard InChI is InChI=1S/C19H22N2O3S/c1-2-25(23,24)17-13-21(14-17)19(22)20-18(15-9-5-3-6-10-15)16-11-7-4-8-12-16/h3-12,17-18H,2,13-14H2,1H3,(H,20,22). The Hall–Kier alpha value is -2.34. The van der Waals surface area contributed by atoms with E-state index in [4.69, 9.17) is 0 Å². The first-order chi connectivity index (χ1) is 12.0. The SMILES string of the molecule is CCS(=O)(=O)C1CN(C(=O)NC(c2ccccc2)c2ccccc2)C1. The maximum atomic E-state index is 12.6. The predicted molar refractivity (Wildman–Crippen MR) is 98.1 cm³/mol. The first kappa shape index (κ1) is 17.5. The molecule has 1 saturated heterocycles. The molecule has 5 nitrogen and oxygen atoms in total. The molecule has 1 aliphatic heterocycles. The zero-order valence-corrected chi connectivity index (χ0v) is 14.9. The van der Waals surface area contributed by atoms with Crippen LogP contribution in [0.3, 0.4) is 0 Å². The molecule has 2 aromatic rings. The molecule has 0 spiro atoms. The Morgan fingerprint density at radius 2 is 1.52 bits per heavy atom. The van der Waals surface area contributed by atoms with Gasteiger partial charge >= 0.3 is 6.03 Å². The van der Waals surface area contributed by atoms with Gasteiger partial charge in [-0.25, -0.2) is 13.2 Å². The summed E-state index contributed by atoms with van der Waals surface area (Å²) >= 11 is 0. The Morgan fingerprint density at radius 1 is 1.04 bits per heavy atom. The average Bonchev–Trinajstić information content (AvgIpc) is 2.59. The lowest BCUT2D eigenvalue weighted by Gasteiger charge is -2.39. The van der Waals surface area contributed by atoms with E-state index < -0.39 is 15.1 Å². The Morgan fingerprint density at radius 3 is 1.96 bits per heavy atom. The maximum absolute atomic E-state index is 12.6. The fourth-order valence-corrected chi connectivity index (χ4v) is 4.22. The highest BCUT2D eigenvalue weighted by atomic mass is 32.2. The number of hydrogen-bond donors (Lipinski definition) is 1. The van der Waals surface area contributed by atoms with Crippen molar-refractivity contribution >= 4 is 15.9 Å². The van der Waals surface area contributed by atoms with Gasteiger partial charge in [-0.15, -0.1) is 0 Å². The molecular formula is C19H22N2O3S. The number of likely N-dealkylation sites (tertiary alicyclic amines) is 1. The van der Waals surface area contributed by atoms with E-state index in [1.165, 1.54) is 0 Å². The van der Waals surface area contributed by atoms with E-state index in [0.717, 1.165) is 11.1 Å². The molecule has 0 radical (unpaired) electrons. The van der Waals surface area contributed by atoms with Gasteiger partial charge in [-0.05, 0) is 11.1 Å². The highest BCUT2D eigenvalue weighted by Crippen LogP contribution is 2.24. The minimum atomic E-state index is -3.08. The summed E-state index contributed by atoms with van der Waals surface area (Å²) in [5.41, 5.74) is 1.97. The number of carbonyl (C=O) groups is 1. The summed E-state index contributed by atoms with van der Waals surface area (Å²) in [7, 11) is -3.08. The van der Waals surface area contributed by atoms with Crippen molar-refractivity contribution in [2.75, 3.05) is 18.8 Å². The number of sulfone groups is 1. The molecule has 0 bridgehead atoms. The third-order valence-electron chi connectivity index (χ3n) is 4.58. The Bertz CT molecular complexity index is 777. The first-order valence-electron chi connectivity index (χ1n) is 8.38. The molecule has 3 rings (SSSR count). The molecule has 1 N–H and O–H groups in total. The van der Waals surface area contributed by atoms with E-state index in [1.807, 2.05) is 60.7 Å². The normalized spacial score (nSPS) is 15.0. The van der Waals surface area contributed by atoms with Crippen molar-refractivity contribution in [1.29, 1.82) is 0 Å². The Kier molecular flexibility index (Phi) is 5.08. The fourth-order valence-electron chi connectivity index (χ4n) is 2.93. The lowest BCUT2D eigenvalue weighted by Crippen LogP contribution is -2.60. The summed E-state index contributed by atoms with van der Waals surface area (Å²) in [4.78, 5) is 14.1. The van der Waals surface area contributed by atoms with Crippen LogP contribution in [-0.2, 0) is 9.84 Å². The monoisotopic (exact) mass is 358 g/mol. The number of rotatable bonds is 5. The van der Waals surface area contributed by atoms with Crippen LogP contribution < -0.4 is 5.32 Å². The van der Waals surface area contributed by atoms with Gasteiger partial charge in [0.2, 0.25) is 0 Å². The van der Waals surface area contributed by atoms with Gasteiger partial charge in [-0.3, -0.25) is 0 Å². The molecule has 1 aliphatic rings. The number of carbonyl (C=O) groups excluding carboxylic acids is 1. The van der Waals surface area contributed by atoms with Crippen molar-refractivity contribution in [1.82, 2.24) is 10.2 Å². The Labute approximate surface area is 148 Å². The average molecular weight is 358 g/mol. The molecule has 0 saturated carbocycles. The lowest BCUT2D eigenvalue weighted by molar-refractivity contribution is 0.167. The molecule has 0 aliphatic carbocycles. The summed E-state index contributed by atoms with van der Waals surface area (Å²) < 4.78 is 23.7. The van der Waals surface area contributed by atoms with E-state index in [1.54, 1.807) is 11.8 Å². The second kappa shape index (κ2) is 7.27. The number of benzene rings is 2. The summed E-state index contributed by atoms with van der Waals surface area (Å²) in [6.07, 6.45) is 0. The highest BCUT2D eigenvalue weighted by molar-refractivity contribution is 7.92. The van der Waals surface area contributed by atoms with E-state index in [-0.39, 0.29) is 30.9 Å². The molecule has 25 heavy (non-hydrogen) atoms. The van der Waals surface area contributed by atoms with Crippen LogP contribution in [0.25, 0.3) is 0 Å². The van der Waals surface area contributed by atoms with Crippen LogP contribution in [-0.4, -0.2) is 43.4 Å². The molecular weight excluding hydrogens is 336 g/mol. The Balaban J connectivity index is 1.73. The number of urea groups is 1. The summed E-state index contributed by atoms with van der Waals surface area (Å²) in [6.45, 7) is 2.16. The van der Waals surface area contributed by atoms with Gasteiger partial charge in [0, 0.05) is 18.8 Å². The van der Waals surface area contributed by atoms with Gasteiger partial charge in [0.25, 0.3) is 0 Å². The molecule has 1 fully saturated rings. The number of amides is 2. The smallest absolute Gasteiger partial charge is 0.318 e. The molecule has 0 aromatic heterocycles. The van der Waals surface area contributed by atoms with Crippen LogP contribution in [0.15, 0.2) is 60.7 Å². The third kappa shape index (κ3) is 3.85. The molecule has 1 heterocycles. The minimum absolute atomic E-state index is 0.115. The lowest BCUT2D eigenvalue weighted by atomic mass is 9.99. The largest absolute Gasteiger partial charge is 0.327 e. The van der Waals surface area contributed by atoms with Gasteiger partial charge in [0.15, 0.2) is 9.84 Å². The highest BCUT2D eigenvalue weighted by Gasteiger charge is 2.39. The number of hydrogen-bond acceptors (Lipinski definition) is 3. The van der Waals surface area contributed by atoms with Crippen LogP contribution in [0.2, 0.25) is 0 Å². The number of nitrogens with zero attached hydrogens (tertiary/aromatic N) is 1. The molecule has 0 unspecified atom stereocenters. The molecule has 132 valence electrons. The second-order valence-electron chi connectivity index (χ2n) is 6.18. The zero-order chi connectivity index (χ0) is 17.9. The summed E-state index contributed by atoms with van der Waals surface area (Å²) in [6, 6.07) is 19.0. The van der Waals surface area contributed by atoms with Crippen LogP contribution in [0.4, 0.5) is 4.79 Å². The van der Waals surface area contributed by atoms with Crippen molar-refractivity contribution in [3.63, 3.8) is 0 Å². The summed E-state index contributed by atoms with van der Waals surface area (Å²) in [5, 5.41) is 2.60. The van der Waals surface area contributed by atoms with Gasteiger partial charge in [-0.2, -0.15) is 0 Å². The maximum Gasteiger partial charge on any atom is 0.318 e. The topological polar surface area (TPSA) is 66.5 Å². The van der Waals surface area contributed by atoms with E-state index in [9.17, 15) is 13.2 Å². The van der Waals surface area contributed by atoms with Crippen LogP contribution in [0.1, 0.15) is 24.1 Å². The minimum Gasteiger partial charge on any atom is -0.327 e. The van der Waals surface area contributed by atoms with Crippen molar-refractivity contribution in [3.8, 4) is 0 Å². The van der Waals surface area contributed by atoms with E-state index >= 15 is 0 Å². The summed E-state index contributed by atoms with van der Waals surface area (Å²) in [5.74, 6) is 0.115. The van der Waals surface area contributed by atoms with E-state index in [0.29, 0.717) is 0 Å². The van der Waals surface area contributed by atoms with Crippen molar-refractivity contribution in [2.45, 2.75) is 18.2 Å². The molecule has 0 atom stereocenters. The second-order valence-corrected chi connectivity index (χ2v) is 8.75. The van der Waals surface area contributed by atoms with Crippen LogP contribution in [0.5, 0.6) is 0 Å². The number of nitrogens with one attached hydrogen (secondary N) is 1.